The molecular formula is C9H14N2O. The lowest BCUT2D eigenvalue weighted by atomic mass is 9.83. The Labute approximate surface area is 71.9 Å². The van der Waals surface area contributed by atoms with Crippen LogP contribution in [0.25, 0.3) is 0 Å². The second-order valence-corrected chi connectivity index (χ2v) is 4.38. The van der Waals surface area contributed by atoms with Crippen LogP contribution in [0.4, 0.5) is 4.79 Å². The summed E-state index contributed by atoms with van der Waals surface area (Å²) in [4.78, 5) is 11.1. The third-order valence-corrected chi connectivity index (χ3v) is 3.88. The molecule has 0 radical (unpaired) electrons. The van der Waals surface area contributed by atoms with Gasteiger partial charge in [0.1, 0.15) is 0 Å². The van der Waals surface area contributed by atoms with E-state index in [1.807, 2.05) is 0 Å². The third-order valence-electron chi connectivity index (χ3n) is 3.88. The molecule has 3 fully saturated rings. The van der Waals surface area contributed by atoms with Crippen LogP contribution in [0.15, 0.2) is 0 Å². The van der Waals surface area contributed by atoms with Crippen molar-refractivity contribution in [1.82, 2.24) is 10.6 Å². The van der Waals surface area contributed by atoms with E-state index in [-0.39, 0.29) is 6.03 Å². The molecule has 1 aliphatic heterocycles. The molecule has 1 saturated heterocycles. The summed E-state index contributed by atoms with van der Waals surface area (Å²) < 4.78 is 0. The topological polar surface area (TPSA) is 41.1 Å². The van der Waals surface area contributed by atoms with Gasteiger partial charge >= 0.3 is 6.03 Å². The average molecular weight is 166 g/mol. The SMILES string of the molecule is O=C1NCC2C3CCC(C3)C2N1. The summed E-state index contributed by atoms with van der Waals surface area (Å²) in [7, 11) is 0. The van der Waals surface area contributed by atoms with Crippen LogP contribution < -0.4 is 10.6 Å². The van der Waals surface area contributed by atoms with Gasteiger partial charge in [0.25, 0.3) is 0 Å². The molecule has 2 amide bonds. The monoisotopic (exact) mass is 166 g/mol. The Balaban J connectivity index is 1.85. The van der Waals surface area contributed by atoms with Crippen molar-refractivity contribution < 1.29 is 4.79 Å². The molecule has 0 spiro atoms. The number of hydrogen-bond acceptors (Lipinski definition) is 1. The van der Waals surface area contributed by atoms with Crippen molar-refractivity contribution in [2.45, 2.75) is 25.3 Å². The van der Waals surface area contributed by atoms with Gasteiger partial charge in [-0.3, -0.25) is 0 Å². The maximum Gasteiger partial charge on any atom is 0.315 e. The first-order valence-electron chi connectivity index (χ1n) is 4.89. The molecule has 0 aromatic rings. The van der Waals surface area contributed by atoms with Crippen LogP contribution in [-0.4, -0.2) is 18.6 Å². The van der Waals surface area contributed by atoms with Crippen LogP contribution in [-0.2, 0) is 0 Å². The molecule has 4 atom stereocenters. The second-order valence-electron chi connectivity index (χ2n) is 4.38. The molecule has 4 unspecified atom stereocenters. The van der Waals surface area contributed by atoms with E-state index in [4.69, 9.17) is 0 Å². The normalized spacial score (nSPS) is 49.8. The maximum absolute atomic E-state index is 11.1. The van der Waals surface area contributed by atoms with Crippen molar-refractivity contribution in [3.8, 4) is 0 Å². The molecule has 3 heteroatoms. The number of fused-ring (bicyclic) bond motifs is 5. The molecule has 1 heterocycles. The molecule has 2 bridgehead atoms. The fourth-order valence-electron chi connectivity index (χ4n) is 3.34. The van der Waals surface area contributed by atoms with Gasteiger partial charge in [0.15, 0.2) is 0 Å². The van der Waals surface area contributed by atoms with Gasteiger partial charge in [-0.25, -0.2) is 4.79 Å². The largest absolute Gasteiger partial charge is 0.338 e. The van der Waals surface area contributed by atoms with E-state index >= 15 is 0 Å². The molecule has 2 aliphatic carbocycles. The number of carbonyl (C=O) groups excluding carboxylic acids is 1. The van der Waals surface area contributed by atoms with Crippen LogP contribution in [0.1, 0.15) is 19.3 Å². The lowest BCUT2D eigenvalue weighted by molar-refractivity contribution is 0.187. The predicted molar refractivity (Wildman–Crippen MR) is 44.6 cm³/mol. The average Bonchev–Trinajstić information content (AvgIpc) is 2.63. The number of amides is 2. The smallest absolute Gasteiger partial charge is 0.315 e. The van der Waals surface area contributed by atoms with E-state index in [1.54, 1.807) is 0 Å². The minimum absolute atomic E-state index is 0.0452. The van der Waals surface area contributed by atoms with Crippen LogP contribution in [0.3, 0.4) is 0 Å². The van der Waals surface area contributed by atoms with Gasteiger partial charge in [-0.2, -0.15) is 0 Å². The quantitative estimate of drug-likeness (QED) is 0.547. The summed E-state index contributed by atoms with van der Waals surface area (Å²) in [5, 5.41) is 5.95. The molecular weight excluding hydrogens is 152 g/mol. The van der Waals surface area contributed by atoms with E-state index in [0.717, 1.165) is 24.3 Å². The van der Waals surface area contributed by atoms with Gasteiger partial charge in [-0.1, -0.05) is 0 Å². The van der Waals surface area contributed by atoms with Crippen molar-refractivity contribution in [2.24, 2.45) is 17.8 Å². The summed E-state index contributed by atoms with van der Waals surface area (Å²) in [6, 6.07) is 0.557. The first kappa shape index (κ1) is 6.75. The van der Waals surface area contributed by atoms with Crippen molar-refractivity contribution in [2.75, 3.05) is 6.54 Å². The maximum atomic E-state index is 11.1. The van der Waals surface area contributed by atoms with E-state index < -0.39 is 0 Å². The standard InChI is InChI=1S/C9H14N2O/c12-9-10-4-7-5-1-2-6(3-5)8(7)11-9/h5-8H,1-4H2,(H2,10,11,12). The second kappa shape index (κ2) is 2.15. The Morgan fingerprint density at radius 3 is 3.00 bits per heavy atom. The van der Waals surface area contributed by atoms with Crippen LogP contribution in [0.2, 0.25) is 0 Å². The molecule has 2 N–H and O–H groups in total. The lowest BCUT2D eigenvalue weighted by Crippen LogP contribution is -2.56. The Hall–Kier alpha value is -0.730. The highest BCUT2D eigenvalue weighted by Gasteiger charge is 2.49. The molecule has 3 nitrogen and oxygen atoms in total. The Kier molecular flexibility index (Phi) is 1.21. The zero-order chi connectivity index (χ0) is 8.13. The molecule has 12 heavy (non-hydrogen) atoms. The molecule has 66 valence electrons. The minimum Gasteiger partial charge on any atom is -0.338 e. The Morgan fingerprint density at radius 1 is 1.25 bits per heavy atom. The van der Waals surface area contributed by atoms with Crippen LogP contribution in [0, 0.1) is 17.8 Å². The van der Waals surface area contributed by atoms with Gasteiger partial charge in [0.05, 0.1) is 0 Å². The van der Waals surface area contributed by atoms with E-state index in [1.165, 1.54) is 19.3 Å². The highest BCUT2D eigenvalue weighted by molar-refractivity contribution is 5.75. The summed E-state index contributed by atoms with van der Waals surface area (Å²) >= 11 is 0. The van der Waals surface area contributed by atoms with Crippen molar-refractivity contribution in [1.29, 1.82) is 0 Å². The fourth-order valence-corrected chi connectivity index (χ4v) is 3.34. The zero-order valence-corrected chi connectivity index (χ0v) is 7.05. The van der Waals surface area contributed by atoms with Gasteiger partial charge in [-0.15, -0.1) is 0 Å². The molecule has 0 aromatic heterocycles. The summed E-state index contributed by atoms with van der Waals surface area (Å²) in [5.41, 5.74) is 0. The van der Waals surface area contributed by atoms with Gasteiger partial charge in [-0.05, 0) is 37.0 Å². The minimum atomic E-state index is 0.0452. The highest BCUT2D eigenvalue weighted by atomic mass is 16.2. The van der Waals surface area contributed by atoms with Gasteiger partial charge in [0.2, 0.25) is 0 Å². The van der Waals surface area contributed by atoms with Gasteiger partial charge in [0, 0.05) is 12.6 Å². The zero-order valence-electron chi connectivity index (χ0n) is 7.05. The van der Waals surface area contributed by atoms with Crippen molar-refractivity contribution in [3.63, 3.8) is 0 Å². The Morgan fingerprint density at radius 2 is 2.08 bits per heavy atom. The predicted octanol–water partition coefficient (Wildman–Crippen LogP) is 0.714. The summed E-state index contributed by atoms with van der Waals surface area (Å²) in [6.45, 7) is 0.914. The third kappa shape index (κ3) is 0.740. The lowest BCUT2D eigenvalue weighted by Gasteiger charge is -2.35. The summed E-state index contributed by atoms with van der Waals surface area (Å²) in [5.74, 6) is 2.43. The van der Waals surface area contributed by atoms with Crippen molar-refractivity contribution in [3.05, 3.63) is 0 Å². The van der Waals surface area contributed by atoms with Crippen LogP contribution in [0.5, 0.6) is 0 Å². The molecule has 3 rings (SSSR count). The van der Waals surface area contributed by atoms with Gasteiger partial charge < -0.3 is 10.6 Å². The highest BCUT2D eigenvalue weighted by Crippen LogP contribution is 2.48. The number of hydrogen-bond donors (Lipinski definition) is 2. The summed E-state index contributed by atoms with van der Waals surface area (Å²) in [6.07, 6.45) is 4.09. The number of urea groups is 1. The van der Waals surface area contributed by atoms with E-state index in [2.05, 4.69) is 10.6 Å². The first-order chi connectivity index (χ1) is 5.84. The van der Waals surface area contributed by atoms with E-state index in [9.17, 15) is 4.79 Å². The Bertz CT molecular complexity index is 229. The number of nitrogens with one attached hydrogen (secondary N) is 2. The first-order valence-corrected chi connectivity index (χ1v) is 4.89. The number of carbonyl (C=O) groups is 1. The van der Waals surface area contributed by atoms with Crippen LogP contribution >= 0.6 is 0 Å². The van der Waals surface area contributed by atoms with Crippen molar-refractivity contribution >= 4 is 6.03 Å². The molecule has 3 aliphatic rings. The number of rotatable bonds is 0. The van der Waals surface area contributed by atoms with E-state index in [0.29, 0.717) is 6.04 Å². The fraction of sp³-hybridized carbons (Fsp3) is 0.889. The molecule has 2 saturated carbocycles. The molecule has 0 aromatic carbocycles.